The summed E-state index contributed by atoms with van der Waals surface area (Å²) in [5.74, 6) is -7.38. The quantitative estimate of drug-likeness (QED) is 0.163. The first-order valence-electron chi connectivity index (χ1n) is 14.9. The summed E-state index contributed by atoms with van der Waals surface area (Å²) < 4.78 is 5.34. The molecular formula is C33H25ClN4O10. The Kier molecular flexibility index (Phi) is 7.27. The first-order valence-corrected chi connectivity index (χ1v) is 15.3. The second-order valence-electron chi connectivity index (χ2n) is 12.1. The highest BCUT2D eigenvalue weighted by Gasteiger charge is 2.62. The average molecular weight is 673 g/mol. The van der Waals surface area contributed by atoms with Crippen LogP contribution in [-0.4, -0.2) is 45.7 Å². The molecule has 4 aliphatic rings. The van der Waals surface area contributed by atoms with E-state index < -0.39 is 69.0 Å². The number of anilines is 2. The van der Waals surface area contributed by atoms with Crippen molar-refractivity contribution in [2.45, 2.75) is 18.8 Å². The van der Waals surface area contributed by atoms with Crippen LogP contribution >= 0.6 is 11.6 Å². The van der Waals surface area contributed by atoms with Crippen LogP contribution in [0.4, 0.5) is 22.7 Å². The summed E-state index contributed by atoms with van der Waals surface area (Å²) in [6, 6.07) is 13.1. The number of fused-ring (bicyclic) bond motifs is 4. The molecule has 2 aliphatic heterocycles. The highest BCUT2D eigenvalue weighted by atomic mass is 35.5. The number of benzene rings is 3. The zero-order valence-electron chi connectivity index (χ0n) is 25.0. The molecule has 3 fully saturated rings. The van der Waals surface area contributed by atoms with Gasteiger partial charge in [0.15, 0.2) is 11.5 Å². The normalized spacial score (nSPS) is 26.2. The molecule has 3 aromatic rings. The summed E-state index contributed by atoms with van der Waals surface area (Å²) in [6.07, 6.45) is 2.06. The number of hydrogen-bond acceptors (Lipinski definition) is 10. The number of ether oxygens (including phenoxy) is 1. The molecule has 0 bridgehead atoms. The summed E-state index contributed by atoms with van der Waals surface area (Å²) >= 11 is 6.40. The Balaban J connectivity index is 1.33. The number of halogens is 1. The van der Waals surface area contributed by atoms with Crippen LogP contribution in [-0.2, 0) is 19.2 Å². The van der Waals surface area contributed by atoms with Gasteiger partial charge >= 0.3 is 0 Å². The Morgan fingerprint density at radius 3 is 1.81 bits per heavy atom. The van der Waals surface area contributed by atoms with Gasteiger partial charge in [0.2, 0.25) is 23.6 Å². The molecule has 1 saturated carbocycles. The number of nitrogens with zero attached hydrogens (tertiary/aromatic N) is 4. The van der Waals surface area contributed by atoms with E-state index in [-0.39, 0.29) is 52.1 Å². The number of carbonyl (C=O) groups is 4. The molecule has 6 atom stereocenters. The Hall–Kier alpha value is -5.63. The second kappa shape index (κ2) is 11.3. The van der Waals surface area contributed by atoms with Crippen LogP contribution in [0.1, 0.15) is 24.3 Å². The zero-order valence-corrected chi connectivity index (χ0v) is 25.8. The van der Waals surface area contributed by atoms with Crippen LogP contribution in [0, 0.1) is 49.8 Å². The molecule has 48 heavy (non-hydrogen) atoms. The van der Waals surface area contributed by atoms with Gasteiger partial charge in [-0.05, 0) is 60.7 Å². The van der Waals surface area contributed by atoms with E-state index in [1.165, 1.54) is 67.8 Å². The molecule has 2 saturated heterocycles. The maximum absolute atomic E-state index is 14.2. The van der Waals surface area contributed by atoms with Crippen LogP contribution in [0.5, 0.6) is 11.5 Å². The molecule has 15 heteroatoms. The first-order chi connectivity index (χ1) is 22.9. The maximum atomic E-state index is 14.2. The molecule has 4 amide bonds. The van der Waals surface area contributed by atoms with E-state index in [1.54, 1.807) is 0 Å². The molecule has 6 unspecified atom stereocenters. The van der Waals surface area contributed by atoms with Crippen LogP contribution in [0.25, 0.3) is 0 Å². The molecule has 0 aromatic heterocycles. The molecule has 7 rings (SSSR count). The molecule has 1 N–H and O–H groups in total. The minimum atomic E-state index is -0.963. The van der Waals surface area contributed by atoms with Crippen molar-refractivity contribution < 1.29 is 38.9 Å². The number of nitro groups is 2. The van der Waals surface area contributed by atoms with Gasteiger partial charge in [-0.25, -0.2) is 0 Å². The average Bonchev–Trinajstić information content (AvgIpc) is 3.48. The fourth-order valence-electron chi connectivity index (χ4n) is 7.85. The van der Waals surface area contributed by atoms with Crippen molar-refractivity contribution >= 4 is 58.0 Å². The van der Waals surface area contributed by atoms with Gasteiger partial charge in [-0.15, -0.1) is 0 Å². The van der Waals surface area contributed by atoms with Crippen LogP contribution in [0.2, 0.25) is 5.02 Å². The lowest BCUT2D eigenvalue weighted by Crippen LogP contribution is -2.43. The largest absolute Gasteiger partial charge is 0.503 e. The van der Waals surface area contributed by atoms with Crippen LogP contribution in [0.3, 0.4) is 0 Å². The number of aromatic hydroxyl groups is 1. The van der Waals surface area contributed by atoms with E-state index in [9.17, 15) is 44.5 Å². The van der Waals surface area contributed by atoms with Gasteiger partial charge in [-0.2, -0.15) is 0 Å². The number of methoxy groups -OCH3 is 1. The van der Waals surface area contributed by atoms with Gasteiger partial charge in [0.05, 0.1) is 57.0 Å². The van der Waals surface area contributed by atoms with E-state index in [4.69, 9.17) is 16.3 Å². The summed E-state index contributed by atoms with van der Waals surface area (Å²) in [6.45, 7) is 0. The number of amides is 4. The molecule has 0 spiro atoms. The van der Waals surface area contributed by atoms with E-state index in [2.05, 4.69) is 0 Å². The van der Waals surface area contributed by atoms with Crippen molar-refractivity contribution in [3.8, 4) is 11.5 Å². The number of phenolic OH excluding ortho intramolecular Hbond substituents is 1. The van der Waals surface area contributed by atoms with E-state index in [0.717, 1.165) is 9.80 Å². The van der Waals surface area contributed by atoms with Gasteiger partial charge in [0, 0.05) is 30.2 Å². The van der Waals surface area contributed by atoms with Gasteiger partial charge in [0.25, 0.3) is 11.4 Å². The van der Waals surface area contributed by atoms with Crippen molar-refractivity contribution in [1.82, 2.24) is 0 Å². The fraction of sp³-hybridized carbons (Fsp3) is 0.273. The smallest absolute Gasteiger partial charge is 0.269 e. The summed E-state index contributed by atoms with van der Waals surface area (Å²) in [5, 5.41) is 32.9. The topological polar surface area (TPSA) is 190 Å². The number of nitro benzene ring substituents is 2. The van der Waals surface area contributed by atoms with Crippen molar-refractivity contribution in [3.05, 3.63) is 103 Å². The zero-order chi connectivity index (χ0) is 34.2. The van der Waals surface area contributed by atoms with Crippen LogP contribution in [0.15, 0.2) is 72.3 Å². The summed E-state index contributed by atoms with van der Waals surface area (Å²) in [4.78, 5) is 79.5. The Labute approximate surface area is 276 Å². The number of rotatable bonds is 6. The Bertz CT molecular complexity index is 1980. The van der Waals surface area contributed by atoms with Gasteiger partial charge < -0.3 is 9.84 Å². The third kappa shape index (κ3) is 4.54. The highest BCUT2D eigenvalue weighted by Crippen LogP contribution is 2.59. The number of imide groups is 2. The highest BCUT2D eigenvalue weighted by molar-refractivity contribution is 6.32. The van der Waals surface area contributed by atoms with Crippen molar-refractivity contribution in [2.24, 2.45) is 29.6 Å². The third-order valence-electron chi connectivity index (χ3n) is 9.92. The van der Waals surface area contributed by atoms with Crippen molar-refractivity contribution in [3.63, 3.8) is 0 Å². The third-order valence-corrected chi connectivity index (χ3v) is 10.2. The van der Waals surface area contributed by atoms with E-state index in [1.807, 2.05) is 6.08 Å². The number of phenols is 1. The SMILES string of the molecule is COc1cc(C2C3=CCC4C(=O)N(c5ccc([N+](=O)[O-])cc5)C(=O)C4C3CC3C(=O)N(c4ccc([N+](=O)[O-])cc4)C(=O)C32)cc(Cl)c1O. The second-order valence-corrected chi connectivity index (χ2v) is 12.6. The van der Waals surface area contributed by atoms with E-state index in [0.29, 0.717) is 11.1 Å². The van der Waals surface area contributed by atoms with Gasteiger partial charge in [-0.3, -0.25) is 49.2 Å². The lowest BCUT2D eigenvalue weighted by molar-refractivity contribution is -0.385. The standard InChI is InChI=1S/C33H25ClN4O10/c1-48-25-13-15(12-24(34)29(25)39)26-20-10-11-21-27(32(42)35(30(21)40)16-2-6-18(7-3-16)37(44)45)22(20)14-23-28(26)33(43)36(31(23)41)17-4-8-19(9-5-17)38(46)47/h2-10,12-13,21-23,26-28,39H,11,14H2,1H3. The van der Waals surface area contributed by atoms with Gasteiger partial charge in [-0.1, -0.05) is 23.3 Å². The summed E-state index contributed by atoms with van der Waals surface area (Å²) in [5.41, 5.74) is 1.03. The van der Waals surface area contributed by atoms with Crippen LogP contribution < -0.4 is 14.5 Å². The predicted molar refractivity (Wildman–Crippen MR) is 168 cm³/mol. The van der Waals surface area contributed by atoms with Crippen molar-refractivity contribution in [2.75, 3.05) is 16.9 Å². The number of non-ortho nitro benzene ring substituents is 2. The molecule has 14 nitrogen and oxygen atoms in total. The number of hydrogen-bond donors (Lipinski definition) is 1. The lowest BCUT2D eigenvalue weighted by atomic mass is 9.57. The number of allylic oxidation sites excluding steroid dienone is 2. The van der Waals surface area contributed by atoms with E-state index >= 15 is 0 Å². The molecule has 2 heterocycles. The minimum Gasteiger partial charge on any atom is -0.503 e. The Morgan fingerprint density at radius 2 is 1.29 bits per heavy atom. The molecular weight excluding hydrogens is 648 g/mol. The monoisotopic (exact) mass is 672 g/mol. The lowest BCUT2D eigenvalue weighted by Gasteiger charge is -2.44. The molecule has 3 aromatic carbocycles. The molecule has 244 valence electrons. The first kappa shape index (κ1) is 31.0. The maximum Gasteiger partial charge on any atom is 0.269 e. The minimum absolute atomic E-state index is 0.0333. The van der Waals surface area contributed by atoms with Crippen molar-refractivity contribution in [1.29, 1.82) is 0 Å². The molecule has 2 aliphatic carbocycles. The number of carbonyl (C=O) groups excluding carboxylic acids is 4. The predicted octanol–water partition coefficient (Wildman–Crippen LogP) is 4.92. The summed E-state index contributed by atoms with van der Waals surface area (Å²) in [7, 11) is 1.34. The fourth-order valence-corrected chi connectivity index (χ4v) is 8.07. The molecule has 0 radical (unpaired) electrons. The Morgan fingerprint density at radius 1 is 0.771 bits per heavy atom. The van der Waals surface area contributed by atoms with Gasteiger partial charge in [0.1, 0.15) is 0 Å².